The van der Waals surface area contributed by atoms with E-state index in [9.17, 15) is 14.4 Å². The number of benzene rings is 1. The highest BCUT2D eigenvalue weighted by molar-refractivity contribution is 6.28. The molecule has 0 spiro atoms. The van der Waals surface area contributed by atoms with Crippen molar-refractivity contribution in [1.82, 2.24) is 9.80 Å². The molecule has 0 atom stereocenters. The van der Waals surface area contributed by atoms with Crippen LogP contribution in [0, 0.1) is 0 Å². The Morgan fingerprint density at radius 3 is 2.29 bits per heavy atom. The third kappa shape index (κ3) is 1.99. The minimum atomic E-state index is -0.607. The third-order valence-corrected chi connectivity index (χ3v) is 3.85. The summed E-state index contributed by atoms with van der Waals surface area (Å²) in [6.45, 7) is 0.713. The monoisotopic (exact) mass is 285 g/mol. The third-order valence-electron chi connectivity index (χ3n) is 3.85. The van der Waals surface area contributed by atoms with Crippen LogP contribution in [0.1, 0.15) is 5.56 Å². The Morgan fingerprint density at radius 2 is 1.62 bits per heavy atom. The number of hydrogen-bond donors (Lipinski definition) is 0. The van der Waals surface area contributed by atoms with Crippen molar-refractivity contribution in [2.75, 3.05) is 25.5 Å². The summed E-state index contributed by atoms with van der Waals surface area (Å²) in [4.78, 5) is 39.8. The number of urea groups is 1. The first-order valence-corrected chi connectivity index (χ1v) is 6.67. The first-order valence-electron chi connectivity index (χ1n) is 6.67. The van der Waals surface area contributed by atoms with Crippen molar-refractivity contribution in [2.45, 2.75) is 6.42 Å². The van der Waals surface area contributed by atoms with Crippen molar-refractivity contribution < 1.29 is 14.4 Å². The lowest BCUT2D eigenvalue weighted by Gasteiger charge is -2.29. The van der Waals surface area contributed by atoms with E-state index >= 15 is 0 Å². The van der Waals surface area contributed by atoms with Crippen LogP contribution in [0.4, 0.5) is 10.5 Å². The molecule has 0 unspecified atom stereocenters. The Morgan fingerprint density at radius 1 is 1.00 bits per heavy atom. The maximum absolute atomic E-state index is 12.2. The largest absolute Gasteiger partial charge is 0.346 e. The number of amides is 4. The molecule has 1 aromatic carbocycles. The van der Waals surface area contributed by atoms with E-state index in [4.69, 9.17) is 0 Å². The van der Waals surface area contributed by atoms with Crippen LogP contribution in [0.5, 0.6) is 0 Å². The predicted molar refractivity (Wildman–Crippen MR) is 76.5 cm³/mol. The summed E-state index contributed by atoms with van der Waals surface area (Å²) in [6.07, 6.45) is 2.42. The van der Waals surface area contributed by atoms with E-state index in [1.54, 1.807) is 6.20 Å². The molecular weight excluding hydrogens is 270 g/mol. The van der Waals surface area contributed by atoms with Gasteiger partial charge in [-0.3, -0.25) is 19.4 Å². The van der Waals surface area contributed by atoms with Crippen LogP contribution < -0.4 is 4.90 Å². The van der Waals surface area contributed by atoms with Gasteiger partial charge >= 0.3 is 6.03 Å². The second-order valence-corrected chi connectivity index (χ2v) is 5.13. The van der Waals surface area contributed by atoms with Crippen LogP contribution in [0.2, 0.25) is 0 Å². The average molecular weight is 285 g/mol. The van der Waals surface area contributed by atoms with Gasteiger partial charge in [-0.25, -0.2) is 4.79 Å². The number of carbonyl (C=O) groups excluding carboxylic acids is 3. The minimum Gasteiger partial charge on any atom is -0.346 e. The highest BCUT2D eigenvalue weighted by Crippen LogP contribution is 2.29. The summed E-state index contributed by atoms with van der Waals surface area (Å²) in [5.41, 5.74) is 2.19. The fourth-order valence-corrected chi connectivity index (χ4v) is 2.62. The van der Waals surface area contributed by atoms with Crippen molar-refractivity contribution in [3.63, 3.8) is 0 Å². The number of barbiturate groups is 1. The van der Waals surface area contributed by atoms with Gasteiger partial charge in [0.25, 0.3) is 11.8 Å². The quantitative estimate of drug-likeness (QED) is 0.570. The second-order valence-electron chi connectivity index (χ2n) is 5.13. The lowest BCUT2D eigenvalue weighted by atomic mass is 10.1. The summed E-state index contributed by atoms with van der Waals surface area (Å²) in [5, 5.41) is 0. The van der Waals surface area contributed by atoms with Gasteiger partial charge in [-0.05, 0) is 18.1 Å². The van der Waals surface area contributed by atoms with E-state index in [0.29, 0.717) is 6.54 Å². The van der Waals surface area contributed by atoms with E-state index < -0.39 is 17.8 Å². The SMILES string of the molecule is CN1C(=O)C(=CN2CCc3ccccc32)C(=O)N(C)C1=O. The summed E-state index contributed by atoms with van der Waals surface area (Å²) in [6, 6.07) is 7.26. The molecule has 2 aliphatic rings. The molecule has 0 saturated carbocycles. The normalized spacial score (nSPS) is 18.5. The standard InChI is InChI=1S/C15H15N3O3/c1-16-13(19)11(14(20)17(2)15(16)21)9-18-8-7-10-5-3-4-6-12(10)18/h3-6,9H,7-8H2,1-2H3. The zero-order chi connectivity index (χ0) is 15.1. The second kappa shape index (κ2) is 4.73. The first-order chi connectivity index (χ1) is 10.0. The number of para-hydroxylation sites is 1. The maximum Gasteiger partial charge on any atom is 0.333 e. The van der Waals surface area contributed by atoms with Crippen molar-refractivity contribution in [1.29, 1.82) is 0 Å². The zero-order valence-corrected chi connectivity index (χ0v) is 11.9. The van der Waals surface area contributed by atoms with Gasteiger partial charge < -0.3 is 4.90 Å². The molecule has 21 heavy (non-hydrogen) atoms. The molecule has 2 heterocycles. The number of carbonyl (C=O) groups is 3. The molecule has 3 rings (SSSR count). The highest BCUT2D eigenvalue weighted by atomic mass is 16.2. The van der Waals surface area contributed by atoms with Crippen molar-refractivity contribution in [2.24, 2.45) is 0 Å². The zero-order valence-electron chi connectivity index (χ0n) is 11.9. The number of rotatable bonds is 1. The van der Waals surface area contributed by atoms with Gasteiger partial charge in [0.1, 0.15) is 5.57 Å². The van der Waals surface area contributed by atoms with Crippen LogP contribution in [-0.4, -0.2) is 48.3 Å². The van der Waals surface area contributed by atoms with Gasteiger partial charge in [-0.1, -0.05) is 18.2 Å². The number of likely N-dealkylation sites (N-methyl/N-ethyl adjacent to an activating group) is 2. The van der Waals surface area contributed by atoms with Gasteiger partial charge in [0.05, 0.1) is 0 Å². The number of imide groups is 2. The molecule has 6 nitrogen and oxygen atoms in total. The molecule has 2 aliphatic heterocycles. The lowest BCUT2D eigenvalue weighted by molar-refractivity contribution is -0.134. The molecule has 0 aliphatic carbocycles. The molecule has 0 bridgehead atoms. The van der Waals surface area contributed by atoms with Crippen LogP contribution in [0.3, 0.4) is 0 Å². The fourth-order valence-electron chi connectivity index (χ4n) is 2.62. The van der Waals surface area contributed by atoms with Gasteiger partial charge in [0.2, 0.25) is 0 Å². The van der Waals surface area contributed by atoms with E-state index in [1.807, 2.05) is 29.2 Å². The van der Waals surface area contributed by atoms with Crippen molar-refractivity contribution >= 4 is 23.5 Å². The molecule has 0 N–H and O–H groups in total. The first kappa shape index (κ1) is 13.4. The molecule has 1 saturated heterocycles. The van der Waals surface area contributed by atoms with Crippen molar-refractivity contribution in [3.05, 3.63) is 41.6 Å². The van der Waals surface area contributed by atoms with E-state index in [1.165, 1.54) is 19.7 Å². The molecule has 6 heteroatoms. The minimum absolute atomic E-state index is 0.0105. The Balaban J connectivity index is 1.98. The van der Waals surface area contributed by atoms with Gasteiger partial charge in [-0.2, -0.15) is 0 Å². The fraction of sp³-hybridized carbons (Fsp3) is 0.267. The number of fused-ring (bicyclic) bond motifs is 1. The summed E-state index contributed by atoms with van der Waals surface area (Å²) >= 11 is 0. The number of anilines is 1. The number of nitrogens with zero attached hydrogens (tertiary/aromatic N) is 3. The molecular formula is C15H15N3O3. The van der Waals surface area contributed by atoms with E-state index in [-0.39, 0.29) is 5.57 Å². The van der Waals surface area contributed by atoms with Crippen LogP contribution in [0.15, 0.2) is 36.0 Å². The molecule has 1 fully saturated rings. The summed E-state index contributed by atoms with van der Waals surface area (Å²) in [7, 11) is 2.75. The molecule has 0 aromatic heterocycles. The Kier molecular flexibility index (Phi) is 3.01. The van der Waals surface area contributed by atoms with Crippen LogP contribution in [0.25, 0.3) is 0 Å². The van der Waals surface area contributed by atoms with E-state index in [0.717, 1.165) is 21.9 Å². The molecule has 1 aromatic rings. The Hall–Kier alpha value is -2.63. The van der Waals surface area contributed by atoms with Crippen LogP contribution >= 0.6 is 0 Å². The summed E-state index contributed by atoms with van der Waals surface area (Å²) in [5.74, 6) is -1.13. The summed E-state index contributed by atoms with van der Waals surface area (Å²) < 4.78 is 0. The van der Waals surface area contributed by atoms with Crippen molar-refractivity contribution in [3.8, 4) is 0 Å². The van der Waals surface area contributed by atoms with Gasteiger partial charge in [-0.15, -0.1) is 0 Å². The lowest BCUT2D eigenvalue weighted by Crippen LogP contribution is -2.53. The molecule has 4 amide bonds. The number of hydrogen-bond acceptors (Lipinski definition) is 4. The molecule has 108 valence electrons. The Bertz CT molecular complexity index is 654. The molecule has 0 radical (unpaired) electrons. The topological polar surface area (TPSA) is 60.9 Å². The Labute approximate surface area is 122 Å². The maximum atomic E-state index is 12.2. The average Bonchev–Trinajstić information content (AvgIpc) is 2.91. The van der Waals surface area contributed by atoms with Crippen LogP contribution in [-0.2, 0) is 16.0 Å². The van der Waals surface area contributed by atoms with Gasteiger partial charge in [0.15, 0.2) is 0 Å². The van der Waals surface area contributed by atoms with E-state index in [2.05, 4.69) is 0 Å². The highest BCUT2D eigenvalue weighted by Gasteiger charge is 2.38. The van der Waals surface area contributed by atoms with Gasteiger partial charge in [0, 0.05) is 32.5 Å². The smallest absolute Gasteiger partial charge is 0.333 e. The predicted octanol–water partition coefficient (Wildman–Crippen LogP) is 0.983.